The molecule has 0 fully saturated rings. The molecule has 2 N–H and O–H groups in total. The van der Waals surface area contributed by atoms with E-state index in [0.29, 0.717) is 13.2 Å². The van der Waals surface area contributed by atoms with Crippen LogP contribution < -0.4 is 5.73 Å². The Morgan fingerprint density at radius 1 is 1.35 bits per heavy atom. The highest BCUT2D eigenvalue weighted by molar-refractivity contribution is 7.92. The van der Waals surface area contributed by atoms with Gasteiger partial charge in [0.15, 0.2) is 9.84 Å². The maximum atomic E-state index is 11.9. The zero-order chi connectivity index (χ0) is 13.5. The zero-order valence-electron chi connectivity index (χ0n) is 11.3. The fraction of sp³-hybridized carbons (Fsp3) is 0.833. The number of rotatable bonds is 7. The largest absolute Gasteiger partial charge is 0.380 e. The van der Waals surface area contributed by atoms with E-state index >= 15 is 0 Å². The highest BCUT2D eigenvalue weighted by Gasteiger charge is 2.27. The van der Waals surface area contributed by atoms with Crippen molar-refractivity contribution in [3.63, 3.8) is 0 Å². The summed E-state index contributed by atoms with van der Waals surface area (Å²) in [5.41, 5.74) is 6.44. The molecule has 0 saturated carbocycles. The molecule has 0 radical (unpaired) electrons. The Morgan fingerprint density at radius 3 is 2.35 bits per heavy atom. The lowest BCUT2D eigenvalue weighted by atomic mass is 10.1. The van der Waals surface area contributed by atoms with E-state index < -0.39 is 14.6 Å². The number of nitrogens with two attached hydrogens (primary N) is 1. The van der Waals surface area contributed by atoms with Crippen molar-refractivity contribution >= 4 is 9.84 Å². The van der Waals surface area contributed by atoms with E-state index in [1.165, 1.54) is 0 Å². The molecule has 0 spiro atoms. The molecule has 0 aliphatic heterocycles. The topological polar surface area (TPSA) is 69.4 Å². The Balaban J connectivity index is 4.63. The molecule has 5 heteroatoms. The van der Waals surface area contributed by atoms with Gasteiger partial charge in [-0.1, -0.05) is 6.08 Å². The summed E-state index contributed by atoms with van der Waals surface area (Å²) >= 11 is 0. The Morgan fingerprint density at radius 2 is 1.94 bits per heavy atom. The zero-order valence-corrected chi connectivity index (χ0v) is 12.1. The fourth-order valence-corrected chi connectivity index (χ4v) is 2.18. The minimum absolute atomic E-state index is 0.0692. The van der Waals surface area contributed by atoms with Gasteiger partial charge in [-0.2, -0.15) is 0 Å². The molecule has 17 heavy (non-hydrogen) atoms. The quantitative estimate of drug-likeness (QED) is 0.707. The minimum atomic E-state index is -3.10. The molecule has 0 heterocycles. The van der Waals surface area contributed by atoms with Crippen LogP contribution in [0.25, 0.3) is 0 Å². The van der Waals surface area contributed by atoms with Gasteiger partial charge >= 0.3 is 0 Å². The van der Waals surface area contributed by atoms with Crippen molar-refractivity contribution in [2.24, 2.45) is 5.73 Å². The van der Waals surface area contributed by atoms with Crippen LogP contribution in [0.15, 0.2) is 11.6 Å². The normalized spacial score (nSPS) is 14.1. The summed E-state index contributed by atoms with van der Waals surface area (Å²) in [5, 5.41) is 0. The number of ether oxygens (including phenoxy) is 1. The first-order valence-electron chi connectivity index (χ1n) is 5.84. The van der Waals surface area contributed by atoms with Crippen molar-refractivity contribution in [1.29, 1.82) is 0 Å². The maximum Gasteiger partial charge on any atom is 0.158 e. The summed E-state index contributed by atoms with van der Waals surface area (Å²) < 4.78 is 28.2. The van der Waals surface area contributed by atoms with E-state index in [0.717, 1.165) is 18.4 Å². The van der Waals surface area contributed by atoms with Crippen molar-refractivity contribution in [1.82, 2.24) is 0 Å². The molecule has 0 aromatic rings. The van der Waals surface area contributed by atoms with E-state index in [1.807, 2.05) is 0 Å². The van der Waals surface area contributed by atoms with E-state index in [4.69, 9.17) is 10.5 Å². The Labute approximate surface area is 105 Å². The smallest absolute Gasteiger partial charge is 0.158 e. The van der Waals surface area contributed by atoms with Gasteiger partial charge in [0, 0.05) is 7.11 Å². The predicted octanol–water partition coefficient (Wildman–Crippen LogP) is 1.51. The maximum absolute atomic E-state index is 11.9. The third-order valence-electron chi connectivity index (χ3n) is 2.56. The van der Waals surface area contributed by atoms with Crippen molar-refractivity contribution in [3.05, 3.63) is 11.6 Å². The number of hydrogen-bond acceptors (Lipinski definition) is 4. The summed E-state index contributed by atoms with van der Waals surface area (Å²) in [6, 6.07) is 0. The molecule has 0 amide bonds. The van der Waals surface area contributed by atoms with Crippen LogP contribution in [-0.4, -0.2) is 39.2 Å². The molecular weight excluding hydrogens is 238 g/mol. The molecule has 0 aliphatic carbocycles. The Bertz CT molecular complexity index is 339. The summed E-state index contributed by atoms with van der Waals surface area (Å²) in [4.78, 5) is 0. The van der Waals surface area contributed by atoms with Gasteiger partial charge in [-0.3, -0.25) is 0 Å². The SMILES string of the molecule is COCC(=CCS(=O)(=O)C(C)(C)C)CCCN. The Kier molecular flexibility index (Phi) is 6.97. The van der Waals surface area contributed by atoms with Gasteiger partial charge in [-0.25, -0.2) is 8.42 Å². The van der Waals surface area contributed by atoms with Gasteiger partial charge in [0.05, 0.1) is 17.1 Å². The lowest BCUT2D eigenvalue weighted by Gasteiger charge is -2.18. The molecule has 0 aromatic heterocycles. The van der Waals surface area contributed by atoms with Crippen molar-refractivity contribution in [3.8, 4) is 0 Å². The van der Waals surface area contributed by atoms with Gasteiger partial charge in [-0.05, 0) is 45.7 Å². The summed E-state index contributed by atoms with van der Waals surface area (Å²) in [5.74, 6) is 0.0692. The summed E-state index contributed by atoms with van der Waals surface area (Å²) in [6.45, 7) is 6.22. The van der Waals surface area contributed by atoms with Crippen molar-refractivity contribution in [2.75, 3.05) is 26.0 Å². The highest BCUT2D eigenvalue weighted by atomic mass is 32.2. The third-order valence-corrected chi connectivity index (χ3v) is 5.03. The fourth-order valence-electron chi connectivity index (χ4n) is 1.23. The van der Waals surface area contributed by atoms with Crippen LogP contribution in [-0.2, 0) is 14.6 Å². The van der Waals surface area contributed by atoms with Gasteiger partial charge in [0.25, 0.3) is 0 Å². The van der Waals surface area contributed by atoms with Crippen LogP contribution in [0.2, 0.25) is 0 Å². The molecule has 0 bridgehead atoms. The van der Waals surface area contributed by atoms with E-state index in [2.05, 4.69) is 0 Å². The highest BCUT2D eigenvalue weighted by Crippen LogP contribution is 2.17. The molecular formula is C12H25NO3S. The molecule has 4 nitrogen and oxygen atoms in total. The van der Waals surface area contributed by atoms with Crippen LogP contribution >= 0.6 is 0 Å². The van der Waals surface area contributed by atoms with Gasteiger partial charge in [-0.15, -0.1) is 0 Å². The third kappa shape index (κ3) is 6.19. The van der Waals surface area contributed by atoms with Crippen LogP contribution in [0.3, 0.4) is 0 Å². The van der Waals surface area contributed by atoms with E-state index in [-0.39, 0.29) is 5.75 Å². The number of sulfone groups is 1. The standard InChI is InChI=1S/C12H25NO3S/c1-12(2,3)17(14,15)9-7-11(10-16-4)6-5-8-13/h7H,5-6,8-10,13H2,1-4H3. The van der Waals surface area contributed by atoms with Crippen LogP contribution in [0.1, 0.15) is 33.6 Å². The first-order valence-corrected chi connectivity index (χ1v) is 7.49. The lowest BCUT2D eigenvalue weighted by molar-refractivity contribution is 0.222. The molecule has 0 aromatic carbocycles. The second kappa shape index (κ2) is 7.13. The number of methoxy groups -OCH3 is 1. The van der Waals surface area contributed by atoms with Crippen LogP contribution in [0.4, 0.5) is 0 Å². The average Bonchev–Trinajstić information content (AvgIpc) is 2.20. The van der Waals surface area contributed by atoms with Gasteiger partial charge in [0.1, 0.15) is 0 Å². The monoisotopic (exact) mass is 263 g/mol. The van der Waals surface area contributed by atoms with Gasteiger partial charge < -0.3 is 10.5 Å². The predicted molar refractivity (Wildman–Crippen MR) is 71.8 cm³/mol. The van der Waals surface area contributed by atoms with E-state index in [9.17, 15) is 8.42 Å². The minimum Gasteiger partial charge on any atom is -0.380 e. The Hall–Kier alpha value is -0.390. The molecule has 0 atom stereocenters. The molecule has 0 saturated heterocycles. The summed E-state index contributed by atoms with van der Waals surface area (Å²) in [6.07, 6.45) is 3.41. The second-order valence-electron chi connectivity index (χ2n) is 5.08. The van der Waals surface area contributed by atoms with Gasteiger partial charge in [0.2, 0.25) is 0 Å². The first kappa shape index (κ1) is 16.6. The van der Waals surface area contributed by atoms with Crippen LogP contribution in [0.5, 0.6) is 0 Å². The van der Waals surface area contributed by atoms with Crippen LogP contribution in [0, 0.1) is 0 Å². The van der Waals surface area contributed by atoms with Crippen molar-refractivity contribution in [2.45, 2.75) is 38.4 Å². The lowest BCUT2D eigenvalue weighted by Crippen LogP contribution is -2.29. The average molecular weight is 263 g/mol. The molecule has 102 valence electrons. The molecule has 0 aliphatic rings. The molecule has 0 rings (SSSR count). The van der Waals surface area contributed by atoms with Crippen molar-refractivity contribution < 1.29 is 13.2 Å². The number of hydrogen-bond donors (Lipinski definition) is 1. The van der Waals surface area contributed by atoms with E-state index in [1.54, 1.807) is 34.0 Å². The summed E-state index contributed by atoms with van der Waals surface area (Å²) in [7, 11) is -1.49. The second-order valence-corrected chi connectivity index (χ2v) is 7.87. The molecule has 0 unspecified atom stereocenters. The first-order chi connectivity index (χ1) is 7.74.